The van der Waals surface area contributed by atoms with Crippen LogP contribution in [-0.4, -0.2) is 24.6 Å². The third-order valence-corrected chi connectivity index (χ3v) is 3.92. The monoisotopic (exact) mass is 429 g/mol. The van der Waals surface area contributed by atoms with Gasteiger partial charge in [-0.25, -0.2) is 4.79 Å². The molecule has 148 valence electrons. The van der Waals surface area contributed by atoms with Crippen molar-refractivity contribution in [2.75, 3.05) is 5.32 Å². The number of halogens is 4. The summed E-state index contributed by atoms with van der Waals surface area (Å²) in [5, 5.41) is 3.20. The summed E-state index contributed by atoms with van der Waals surface area (Å²) < 4.78 is 33.4. The Balaban J connectivity index is 1.88. The van der Waals surface area contributed by atoms with Crippen molar-refractivity contribution in [1.82, 2.24) is 0 Å². The number of hydrogen-bond acceptors (Lipinski definition) is 4. The second-order valence-corrected chi connectivity index (χ2v) is 6.32. The molecule has 1 N–H and O–H groups in total. The molecule has 2 aromatic carbocycles. The van der Waals surface area contributed by atoms with E-state index in [2.05, 4.69) is 10.1 Å². The molecule has 28 heavy (non-hydrogen) atoms. The van der Waals surface area contributed by atoms with Gasteiger partial charge in [0, 0.05) is 11.1 Å². The predicted octanol–water partition coefficient (Wildman–Crippen LogP) is 5.18. The number of amides is 1. The number of ether oxygens (including phenoxy) is 2. The molecule has 2 rings (SSSR count). The fourth-order valence-electron chi connectivity index (χ4n) is 2.02. The minimum atomic E-state index is -2.91. The van der Waals surface area contributed by atoms with Crippen molar-refractivity contribution in [1.29, 1.82) is 0 Å². The SMILES string of the molecule is CC(OC(=O)C=Cc1ccc(OC(F)F)cc1)C(=O)Nc1ccc(Cl)cc1Cl. The minimum absolute atomic E-state index is 0.000815. The van der Waals surface area contributed by atoms with E-state index in [4.69, 9.17) is 27.9 Å². The van der Waals surface area contributed by atoms with Gasteiger partial charge in [-0.3, -0.25) is 4.79 Å². The molecule has 1 atom stereocenters. The summed E-state index contributed by atoms with van der Waals surface area (Å²) in [6.45, 7) is -1.51. The van der Waals surface area contributed by atoms with Crippen molar-refractivity contribution in [2.24, 2.45) is 0 Å². The maximum absolute atomic E-state index is 12.1. The van der Waals surface area contributed by atoms with E-state index in [9.17, 15) is 18.4 Å². The van der Waals surface area contributed by atoms with E-state index in [-0.39, 0.29) is 10.8 Å². The number of esters is 1. The predicted molar refractivity (Wildman–Crippen MR) is 103 cm³/mol. The van der Waals surface area contributed by atoms with E-state index >= 15 is 0 Å². The Kier molecular flexibility index (Phi) is 7.78. The van der Waals surface area contributed by atoms with Gasteiger partial charge in [0.25, 0.3) is 5.91 Å². The summed E-state index contributed by atoms with van der Waals surface area (Å²) in [7, 11) is 0. The molecule has 0 spiro atoms. The molecule has 0 saturated carbocycles. The first-order valence-corrected chi connectivity index (χ1v) is 8.69. The van der Waals surface area contributed by atoms with Crippen molar-refractivity contribution < 1.29 is 27.8 Å². The summed E-state index contributed by atoms with van der Waals surface area (Å²) in [6.07, 6.45) is 1.45. The largest absolute Gasteiger partial charge is 0.449 e. The third-order valence-electron chi connectivity index (χ3n) is 3.37. The smallest absolute Gasteiger partial charge is 0.387 e. The molecule has 0 saturated heterocycles. The fraction of sp³-hybridized carbons (Fsp3) is 0.158. The van der Waals surface area contributed by atoms with Crippen LogP contribution < -0.4 is 10.1 Å². The maximum atomic E-state index is 12.1. The normalized spacial score (nSPS) is 12.1. The molecule has 0 bridgehead atoms. The lowest BCUT2D eigenvalue weighted by atomic mass is 10.2. The minimum Gasteiger partial charge on any atom is -0.449 e. The second kappa shape index (κ2) is 10.1. The zero-order chi connectivity index (χ0) is 20.7. The Morgan fingerprint density at radius 2 is 1.79 bits per heavy atom. The average molecular weight is 430 g/mol. The molecule has 0 aliphatic rings. The lowest BCUT2D eigenvalue weighted by Gasteiger charge is -2.13. The van der Waals surface area contributed by atoms with Crippen LogP contribution in [0.15, 0.2) is 48.5 Å². The lowest BCUT2D eigenvalue weighted by molar-refractivity contribution is -0.148. The Hall–Kier alpha value is -2.64. The van der Waals surface area contributed by atoms with E-state index in [1.165, 1.54) is 49.4 Å². The van der Waals surface area contributed by atoms with Crippen molar-refractivity contribution >= 4 is 46.8 Å². The first kappa shape index (κ1) is 21.7. The molecule has 0 radical (unpaired) electrons. The van der Waals surface area contributed by atoms with E-state index in [1.807, 2.05) is 0 Å². The fourth-order valence-corrected chi connectivity index (χ4v) is 2.47. The zero-order valence-electron chi connectivity index (χ0n) is 14.5. The first-order chi connectivity index (χ1) is 13.2. The van der Waals surface area contributed by atoms with Gasteiger partial charge >= 0.3 is 12.6 Å². The highest BCUT2D eigenvalue weighted by Crippen LogP contribution is 2.25. The Morgan fingerprint density at radius 3 is 2.39 bits per heavy atom. The van der Waals surface area contributed by atoms with Crippen LogP contribution in [0.4, 0.5) is 14.5 Å². The standard InChI is InChI=1S/C19H15Cl2F2NO4/c1-11(18(26)24-16-8-5-13(20)10-15(16)21)27-17(25)9-4-12-2-6-14(7-3-12)28-19(22)23/h2-11,19H,1H3,(H,24,26). The van der Waals surface area contributed by atoms with Crippen LogP contribution in [0.5, 0.6) is 5.75 Å². The Bertz CT molecular complexity index is 873. The van der Waals surface area contributed by atoms with E-state index in [1.54, 1.807) is 6.07 Å². The van der Waals surface area contributed by atoms with Crippen LogP contribution in [0.3, 0.4) is 0 Å². The van der Waals surface area contributed by atoms with Crippen molar-refractivity contribution in [3.8, 4) is 5.75 Å². The highest BCUT2D eigenvalue weighted by atomic mass is 35.5. The van der Waals surface area contributed by atoms with Gasteiger partial charge in [0.15, 0.2) is 6.10 Å². The molecule has 0 aliphatic heterocycles. The number of alkyl halides is 2. The number of rotatable bonds is 7. The molecule has 0 aliphatic carbocycles. The second-order valence-electron chi connectivity index (χ2n) is 5.47. The van der Waals surface area contributed by atoms with Gasteiger partial charge in [-0.15, -0.1) is 0 Å². The summed E-state index contributed by atoms with van der Waals surface area (Å²) >= 11 is 11.8. The summed E-state index contributed by atoms with van der Waals surface area (Å²) in [5.74, 6) is -1.32. The summed E-state index contributed by atoms with van der Waals surface area (Å²) in [6, 6.07) is 10.2. The molecular formula is C19H15Cl2F2NO4. The maximum Gasteiger partial charge on any atom is 0.387 e. The third kappa shape index (κ3) is 6.83. The number of benzene rings is 2. The van der Waals surface area contributed by atoms with Gasteiger partial charge in [0.05, 0.1) is 10.7 Å². The highest BCUT2D eigenvalue weighted by Gasteiger charge is 2.17. The van der Waals surface area contributed by atoms with Crippen LogP contribution in [-0.2, 0) is 14.3 Å². The van der Waals surface area contributed by atoms with Crippen LogP contribution in [0.25, 0.3) is 6.08 Å². The zero-order valence-corrected chi connectivity index (χ0v) is 16.0. The van der Waals surface area contributed by atoms with Gasteiger partial charge < -0.3 is 14.8 Å². The Morgan fingerprint density at radius 1 is 1.11 bits per heavy atom. The van der Waals surface area contributed by atoms with Crippen molar-refractivity contribution in [2.45, 2.75) is 19.6 Å². The van der Waals surface area contributed by atoms with Gasteiger partial charge in [-0.2, -0.15) is 8.78 Å². The van der Waals surface area contributed by atoms with E-state index < -0.39 is 24.6 Å². The number of carbonyl (C=O) groups is 2. The Labute approximate surface area is 169 Å². The number of nitrogens with one attached hydrogen (secondary N) is 1. The number of hydrogen-bond donors (Lipinski definition) is 1. The summed E-state index contributed by atoms with van der Waals surface area (Å²) in [5.41, 5.74) is 0.893. The van der Waals surface area contributed by atoms with Crippen LogP contribution in [0.1, 0.15) is 12.5 Å². The molecule has 5 nitrogen and oxygen atoms in total. The first-order valence-electron chi connectivity index (χ1n) is 7.94. The van der Waals surface area contributed by atoms with Gasteiger partial charge in [0.1, 0.15) is 5.75 Å². The molecule has 1 unspecified atom stereocenters. The van der Waals surface area contributed by atoms with Crippen LogP contribution in [0.2, 0.25) is 10.0 Å². The molecule has 0 fully saturated rings. The van der Waals surface area contributed by atoms with Crippen LogP contribution >= 0.6 is 23.2 Å². The van der Waals surface area contributed by atoms with Gasteiger partial charge in [-0.05, 0) is 48.9 Å². The quantitative estimate of drug-likeness (QED) is 0.486. The molecule has 0 heterocycles. The van der Waals surface area contributed by atoms with Crippen molar-refractivity contribution in [3.63, 3.8) is 0 Å². The topological polar surface area (TPSA) is 64.6 Å². The highest BCUT2D eigenvalue weighted by molar-refractivity contribution is 6.36. The lowest BCUT2D eigenvalue weighted by Crippen LogP contribution is -2.29. The molecule has 0 aromatic heterocycles. The molecule has 2 aromatic rings. The molecule has 1 amide bonds. The van der Waals surface area contributed by atoms with Crippen LogP contribution in [0, 0.1) is 0 Å². The average Bonchev–Trinajstić information content (AvgIpc) is 2.63. The number of anilines is 1. The summed E-state index contributed by atoms with van der Waals surface area (Å²) in [4.78, 5) is 24.0. The molecule has 9 heteroatoms. The van der Waals surface area contributed by atoms with Gasteiger partial charge in [-0.1, -0.05) is 35.3 Å². The van der Waals surface area contributed by atoms with Crippen molar-refractivity contribution in [3.05, 3.63) is 64.1 Å². The van der Waals surface area contributed by atoms with Gasteiger partial charge in [0.2, 0.25) is 0 Å². The van der Waals surface area contributed by atoms with E-state index in [0.29, 0.717) is 16.3 Å². The van der Waals surface area contributed by atoms with E-state index in [0.717, 1.165) is 6.08 Å². The number of carbonyl (C=O) groups excluding carboxylic acids is 2. The molecular weight excluding hydrogens is 415 g/mol.